The van der Waals surface area contributed by atoms with E-state index in [0.29, 0.717) is 35.8 Å². The first-order valence-corrected chi connectivity index (χ1v) is 11.3. The minimum atomic E-state index is -4.67. The number of benzene rings is 1. The third kappa shape index (κ3) is 4.69. The van der Waals surface area contributed by atoms with Crippen molar-refractivity contribution in [3.8, 4) is 11.4 Å². The van der Waals surface area contributed by atoms with E-state index in [1.54, 1.807) is 23.4 Å². The van der Waals surface area contributed by atoms with Crippen LogP contribution in [0.1, 0.15) is 40.7 Å². The van der Waals surface area contributed by atoms with Crippen molar-refractivity contribution in [3.05, 3.63) is 71.4 Å². The molecule has 1 unspecified atom stereocenters. The van der Waals surface area contributed by atoms with Gasteiger partial charge in [-0.05, 0) is 49.8 Å². The second-order valence-corrected chi connectivity index (χ2v) is 9.35. The molecule has 35 heavy (non-hydrogen) atoms. The summed E-state index contributed by atoms with van der Waals surface area (Å²) >= 11 is 0. The lowest BCUT2D eigenvalue weighted by molar-refractivity contribution is -0.138. The molecule has 3 heterocycles. The number of likely N-dealkylation sites (tertiary alicyclic amines) is 1. The molecule has 1 aliphatic heterocycles. The second-order valence-electron chi connectivity index (χ2n) is 9.35. The normalized spacial score (nSPS) is 18.7. The number of pyridine rings is 1. The molecule has 2 fully saturated rings. The predicted octanol–water partition coefficient (Wildman–Crippen LogP) is 5.11. The average molecular weight is 485 g/mol. The molecule has 1 saturated carbocycles. The number of halogens is 4. The molecule has 1 atom stereocenters. The van der Waals surface area contributed by atoms with Crippen LogP contribution in [-0.2, 0) is 6.18 Å². The molecule has 1 amide bonds. The molecule has 2 aliphatic rings. The summed E-state index contributed by atoms with van der Waals surface area (Å²) in [5.41, 5.74) is 0.920. The van der Waals surface area contributed by atoms with Crippen molar-refractivity contribution >= 4 is 11.7 Å². The Balaban J connectivity index is 1.39. The number of rotatable bonds is 5. The number of anilines is 1. The molecule has 1 spiro atoms. The van der Waals surface area contributed by atoms with E-state index in [-0.39, 0.29) is 29.7 Å². The first-order chi connectivity index (χ1) is 16.7. The van der Waals surface area contributed by atoms with Gasteiger partial charge in [-0.15, -0.1) is 0 Å². The third-order valence-corrected chi connectivity index (χ3v) is 6.72. The van der Waals surface area contributed by atoms with Gasteiger partial charge in [0.15, 0.2) is 17.5 Å². The van der Waals surface area contributed by atoms with Crippen LogP contribution in [0.3, 0.4) is 0 Å². The number of aryl methyl sites for hydroxylation is 1. The largest absolute Gasteiger partial charge is 0.417 e. The summed E-state index contributed by atoms with van der Waals surface area (Å²) in [6.45, 7) is 2.65. The molecule has 0 radical (unpaired) electrons. The summed E-state index contributed by atoms with van der Waals surface area (Å²) in [5.74, 6) is -1.08. The standard InChI is InChI=1S/C25H23F4N5O/c1-15-3-4-18(21-30-7-2-8-31-21)19(9-15)23(35)34-14-24(5-6-24)11-17(34)13-33-22-20(26)10-16(12-32-22)25(27,28)29/h2-4,7-10,12,17H,5-6,11,13-14H2,1H3,(H,32,33). The summed E-state index contributed by atoms with van der Waals surface area (Å²) in [7, 11) is 0. The molecule has 182 valence electrons. The van der Waals surface area contributed by atoms with E-state index < -0.39 is 17.6 Å². The summed E-state index contributed by atoms with van der Waals surface area (Å²) < 4.78 is 52.8. The van der Waals surface area contributed by atoms with Crippen LogP contribution in [0.15, 0.2) is 48.9 Å². The van der Waals surface area contributed by atoms with Crippen molar-refractivity contribution < 1.29 is 22.4 Å². The number of hydrogen-bond acceptors (Lipinski definition) is 5. The van der Waals surface area contributed by atoms with Gasteiger partial charge in [0.25, 0.3) is 5.91 Å². The van der Waals surface area contributed by atoms with E-state index in [9.17, 15) is 22.4 Å². The fraction of sp³-hybridized carbons (Fsp3) is 0.360. The Bertz CT molecular complexity index is 1260. The number of nitrogens with one attached hydrogen (secondary N) is 1. The molecule has 6 nitrogen and oxygen atoms in total. The quantitative estimate of drug-likeness (QED) is 0.509. The van der Waals surface area contributed by atoms with Crippen molar-refractivity contribution in [2.24, 2.45) is 5.41 Å². The third-order valence-electron chi connectivity index (χ3n) is 6.72. The molecule has 5 rings (SSSR count). The van der Waals surface area contributed by atoms with E-state index in [0.717, 1.165) is 24.8 Å². The maximum atomic E-state index is 14.3. The van der Waals surface area contributed by atoms with E-state index in [2.05, 4.69) is 20.3 Å². The van der Waals surface area contributed by atoms with E-state index in [1.807, 2.05) is 25.1 Å². The summed E-state index contributed by atoms with van der Waals surface area (Å²) in [6, 6.07) is 7.40. The van der Waals surface area contributed by atoms with Crippen LogP contribution in [0.2, 0.25) is 0 Å². The van der Waals surface area contributed by atoms with Crippen molar-refractivity contribution in [2.75, 3.05) is 18.4 Å². The van der Waals surface area contributed by atoms with Gasteiger partial charge in [0.2, 0.25) is 0 Å². The monoisotopic (exact) mass is 485 g/mol. The van der Waals surface area contributed by atoms with Crippen molar-refractivity contribution in [1.82, 2.24) is 19.9 Å². The minimum Gasteiger partial charge on any atom is -0.366 e. The molecule has 1 N–H and O–H groups in total. The predicted molar refractivity (Wildman–Crippen MR) is 121 cm³/mol. The van der Waals surface area contributed by atoms with E-state index >= 15 is 0 Å². The highest BCUT2D eigenvalue weighted by molar-refractivity contribution is 6.00. The number of aromatic nitrogens is 3. The SMILES string of the molecule is Cc1ccc(-c2ncccn2)c(C(=O)N2CC3(CC3)CC2CNc2ncc(C(F)(F)F)cc2F)c1. The molecular weight excluding hydrogens is 462 g/mol. The molecule has 2 aromatic heterocycles. The van der Waals surface area contributed by atoms with Gasteiger partial charge in [0.05, 0.1) is 11.1 Å². The van der Waals surface area contributed by atoms with Crippen LogP contribution >= 0.6 is 0 Å². The Morgan fingerprint density at radius 1 is 1.17 bits per heavy atom. The van der Waals surface area contributed by atoms with Gasteiger partial charge in [-0.1, -0.05) is 17.7 Å². The highest BCUT2D eigenvalue weighted by atomic mass is 19.4. The van der Waals surface area contributed by atoms with Gasteiger partial charge < -0.3 is 10.2 Å². The fourth-order valence-electron chi connectivity index (χ4n) is 4.68. The first-order valence-electron chi connectivity index (χ1n) is 11.3. The van der Waals surface area contributed by atoms with Crippen LogP contribution < -0.4 is 5.32 Å². The Kier molecular flexibility index (Phi) is 5.69. The molecule has 1 aliphatic carbocycles. The lowest BCUT2D eigenvalue weighted by Gasteiger charge is -2.26. The number of nitrogens with zero attached hydrogens (tertiary/aromatic N) is 4. The van der Waals surface area contributed by atoms with Gasteiger partial charge in [0, 0.05) is 43.3 Å². The van der Waals surface area contributed by atoms with Crippen LogP contribution in [0, 0.1) is 18.2 Å². The summed E-state index contributed by atoms with van der Waals surface area (Å²) in [5, 5.41) is 2.82. The fourth-order valence-corrected chi connectivity index (χ4v) is 4.68. The Morgan fingerprint density at radius 3 is 2.57 bits per heavy atom. The van der Waals surface area contributed by atoms with Crippen LogP contribution in [0.25, 0.3) is 11.4 Å². The van der Waals surface area contributed by atoms with Gasteiger partial charge in [-0.3, -0.25) is 4.79 Å². The Hall–Kier alpha value is -3.56. The highest BCUT2D eigenvalue weighted by Crippen LogP contribution is 2.55. The van der Waals surface area contributed by atoms with E-state index in [1.165, 1.54) is 0 Å². The first kappa shape index (κ1) is 23.2. The lowest BCUT2D eigenvalue weighted by Crippen LogP contribution is -2.40. The topological polar surface area (TPSA) is 71.0 Å². The number of amides is 1. The molecule has 3 aromatic rings. The number of alkyl halides is 3. The van der Waals surface area contributed by atoms with Gasteiger partial charge in [0.1, 0.15) is 0 Å². The van der Waals surface area contributed by atoms with Gasteiger partial charge >= 0.3 is 6.18 Å². The number of carbonyl (C=O) groups is 1. The van der Waals surface area contributed by atoms with Crippen LogP contribution in [-0.4, -0.2) is 44.9 Å². The second kappa shape index (κ2) is 8.58. The summed E-state index contributed by atoms with van der Waals surface area (Å²) in [4.78, 5) is 27.8. The zero-order valence-electron chi connectivity index (χ0n) is 18.9. The summed E-state index contributed by atoms with van der Waals surface area (Å²) in [6.07, 6.45) is 1.90. The van der Waals surface area contributed by atoms with Crippen molar-refractivity contribution in [3.63, 3.8) is 0 Å². The minimum absolute atomic E-state index is 0.0430. The lowest BCUT2D eigenvalue weighted by atomic mass is 10.0. The van der Waals surface area contributed by atoms with Crippen LogP contribution in [0.4, 0.5) is 23.4 Å². The van der Waals surface area contributed by atoms with Gasteiger partial charge in [-0.2, -0.15) is 13.2 Å². The maximum absolute atomic E-state index is 14.3. The zero-order valence-corrected chi connectivity index (χ0v) is 18.9. The molecular formula is C25H23F4N5O. The molecule has 0 bridgehead atoms. The van der Waals surface area contributed by atoms with Crippen LogP contribution in [0.5, 0.6) is 0 Å². The highest BCUT2D eigenvalue weighted by Gasteiger charge is 2.53. The molecule has 1 aromatic carbocycles. The Labute approximate surface area is 199 Å². The maximum Gasteiger partial charge on any atom is 0.417 e. The number of hydrogen-bond donors (Lipinski definition) is 1. The Morgan fingerprint density at radius 2 is 1.91 bits per heavy atom. The smallest absolute Gasteiger partial charge is 0.366 e. The number of carbonyl (C=O) groups excluding carboxylic acids is 1. The average Bonchev–Trinajstić information content (AvgIpc) is 3.49. The van der Waals surface area contributed by atoms with Crippen molar-refractivity contribution in [2.45, 2.75) is 38.4 Å². The van der Waals surface area contributed by atoms with Gasteiger partial charge in [-0.25, -0.2) is 19.3 Å². The van der Waals surface area contributed by atoms with Crippen molar-refractivity contribution in [1.29, 1.82) is 0 Å². The molecule has 10 heteroatoms. The van der Waals surface area contributed by atoms with E-state index in [4.69, 9.17) is 0 Å². The zero-order chi connectivity index (χ0) is 24.8. The molecule has 1 saturated heterocycles.